The maximum atomic E-state index is 13.7. The van der Waals surface area contributed by atoms with E-state index in [9.17, 15) is 4.79 Å². The Hall–Kier alpha value is -6.19. The van der Waals surface area contributed by atoms with E-state index in [1.54, 1.807) is 7.11 Å². The molecule has 7 aromatic rings. The Kier molecular flexibility index (Phi) is 10.8. The molecule has 0 aliphatic rings. The fraction of sp³-hybridized carbons (Fsp3) is 0.239. The smallest absolute Gasteiger partial charge is 0.357 e. The SMILES string of the molecule is CCCc1nc(C(C)(C)OC)c(C(=O)OCC)n1Cc1ccc(-c2ccccc2)c(-c2nnnn2C(c2ccccc2)(c2ccccc2)c2ccccc2)c1. The molecule has 0 aliphatic heterocycles. The van der Waals surface area contributed by atoms with Gasteiger partial charge in [-0.05, 0) is 77.1 Å². The van der Waals surface area contributed by atoms with Gasteiger partial charge in [0.1, 0.15) is 22.7 Å². The highest BCUT2D eigenvalue weighted by Crippen LogP contribution is 2.43. The molecule has 0 saturated heterocycles. The quantitative estimate of drug-likeness (QED) is 0.0814. The maximum absolute atomic E-state index is 13.7. The van der Waals surface area contributed by atoms with Crippen LogP contribution in [0.5, 0.6) is 0 Å². The van der Waals surface area contributed by atoms with Crippen molar-refractivity contribution in [2.24, 2.45) is 0 Å². The van der Waals surface area contributed by atoms with E-state index < -0.39 is 17.1 Å². The predicted molar refractivity (Wildman–Crippen MR) is 215 cm³/mol. The van der Waals surface area contributed by atoms with Crippen molar-refractivity contribution in [3.05, 3.63) is 179 Å². The van der Waals surface area contributed by atoms with Gasteiger partial charge in [-0.1, -0.05) is 140 Å². The first-order valence-corrected chi connectivity index (χ1v) is 18.8. The molecule has 2 heterocycles. The van der Waals surface area contributed by atoms with E-state index in [2.05, 4.69) is 115 Å². The molecule has 0 N–H and O–H groups in total. The van der Waals surface area contributed by atoms with Crippen molar-refractivity contribution in [2.75, 3.05) is 13.7 Å². The molecule has 2 aromatic heterocycles. The molecule has 0 fully saturated rings. The Morgan fingerprint density at radius 3 is 1.82 bits per heavy atom. The highest BCUT2D eigenvalue weighted by atomic mass is 16.5. The number of methoxy groups -OCH3 is 1. The molecule has 0 bridgehead atoms. The largest absolute Gasteiger partial charge is 0.461 e. The third-order valence-corrected chi connectivity index (χ3v) is 10.2. The van der Waals surface area contributed by atoms with E-state index in [-0.39, 0.29) is 6.61 Å². The van der Waals surface area contributed by atoms with Crippen molar-refractivity contribution in [1.82, 2.24) is 29.8 Å². The first-order chi connectivity index (χ1) is 26.8. The number of hydrogen-bond donors (Lipinski definition) is 0. The monoisotopic (exact) mass is 730 g/mol. The number of nitrogens with zero attached hydrogens (tertiary/aromatic N) is 6. The van der Waals surface area contributed by atoms with Gasteiger partial charge in [-0.2, -0.15) is 0 Å². The third kappa shape index (κ3) is 6.99. The Balaban J connectivity index is 1.49. The van der Waals surface area contributed by atoms with Crippen LogP contribution in [-0.4, -0.2) is 49.4 Å². The Morgan fingerprint density at radius 1 is 0.727 bits per heavy atom. The third-order valence-electron chi connectivity index (χ3n) is 10.2. The van der Waals surface area contributed by atoms with Gasteiger partial charge in [0, 0.05) is 25.6 Å². The number of aromatic nitrogens is 6. The zero-order valence-corrected chi connectivity index (χ0v) is 32.0. The van der Waals surface area contributed by atoms with E-state index in [0.29, 0.717) is 30.2 Å². The first-order valence-electron chi connectivity index (χ1n) is 18.8. The number of tetrazole rings is 1. The van der Waals surface area contributed by atoms with Gasteiger partial charge in [-0.25, -0.2) is 14.5 Å². The normalized spacial score (nSPS) is 11.8. The first kappa shape index (κ1) is 37.1. The van der Waals surface area contributed by atoms with Gasteiger partial charge in [-0.15, -0.1) is 5.10 Å². The van der Waals surface area contributed by atoms with Crippen LogP contribution in [0.1, 0.15) is 78.4 Å². The minimum absolute atomic E-state index is 0.241. The summed E-state index contributed by atoms with van der Waals surface area (Å²) < 4.78 is 15.4. The van der Waals surface area contributed by atoms with Crippen LogP contribution in [0.2, 0.25) is 0 Å². The van der Waals surface area contributed by atoms with Crippen LogP contribution in [0.3, 0.4) is 0 Å². The summed E-state index contributed by atoms with van der Waals surface area (Å²) in [6.07, 6.45) is 1.52. The number of esters is 1. The van der Waals surface area contributed by atoms with Crippen LogP contribution in [0.15, 0.2) is 140 Å². The Morgan fingerprint density at radius 2 is 1.29 bits per heavy atom. The van der Waals surface area contributed by atoms with E-state index in [4.69, 9.17) is 24.8 Å². The molecule has 0 atom stereocenters. The van der Waals surface area contributed by atoms with E-state index in [1.807, 2.05) is 66.4 Å². The summed E-state index contributed by atoms with van der Waals surface area (Å²) in [7, 11) is 1.63. The molecule has 9 heteroatoms. The van der Waals surface area contributed by atoms with Gasteiger partial charge in [0.15, 0.2) is 11.5 Å². The molecule has 7 rings (SSSR count). The number of carbonyl (C=O) groups excluding carboxylic acids is 1. The number of rotatable bonds is 14. The fourth-order valence-corrected chi connectivity index (χ4v) is 7.42. The summed E-state index contributed by atoms with van der Waals surface area (Å²) in [6.45, 7) is 8.36. The maximum Gasteiger partial charge on any atom is 0.357 e. The standard InChI is InChI=1S/C46H46N6O3/c1-6-20-40-47-42(45(3,4)54-5)41(44(53)55-7-2)51(40)32-33-29-30-38(34-21-12-8-13-22-34)39(31-33)43-48-49-50-52(43)46(35-23-14-9-15-24-35,36-25-16-10-17-26-36)37-27-18-11-19-28-37/h8-19,21-31H,6-7,20,32H2,1-5H3. The van der Waals surface area contributed by atoms with Gasteiger partial charge < -0.3 is 14.0 Å². The molecule has 0 radical (unpaired) electrons. The average molecular weight is 731 g/mol. The Bertz CT molecular complexity index is 2260. The molecular formula is C46H46N6O3. The van der Waals surface area contributed by atoms with Crippen LogP contribution in [-0.2, 0) is 33.6 Å². The second-order valence-electron chi connectivity index (χ2n) is 14.0. The average Bonchev–Trinajstić information content (AvgIpc) is 3.86. The van der Waals surface area contributed by atoms with Crippen LogP contribution < -0.4 is 0 Å². The lowest BCUT2D eigenvalue weighted by atomic mass is 9.77. The minimum Gasteiger partial charge on any atom is -0.461 e. The lowest BCUT2D eigenvalue weighted by Gasteiger charge is -2.36. The lowest BCUT2D eigenvalue weighted by molar-refractivity contribution is 0.0131. The second-order valence-corrected chi connectivity index (χ2v) is 14.0. The van der Waals surface area contributed by atoms with E-state index in [1.165, 1.54) is 0 Å². The highest BCUT2D eigenvalue weighted by Gasteiger charge is 2.42. The summed E-state index contributed by atoms with van der Waals surface area (Å²) >= 11 is 0. The minimum atomic E-state index is -0.942. The lowest BCUT2D eigenvalue weighted by Crippen LogP contribution is -2.39. The van der Waals surface area contributed by atoms with Crippen LogP contribution in [0.4, 0.5) is 0 Å². The van der Waals surface area contributed by atoms with Crippen LogP contribution in [0, 0.1) is 0 Å². The van der Waals surface area contributed by atoms with Crippen LogP contribution >= 0.6 is 0 Å². The van der Waals surface area contributed by atoms with Crippen molar-refractivity contribution < 1.29 is 14.3 Å². The molecule has 0 unspecified atom stereocenters. The molecule has 0 amide bonds. The second kappa shape index (κ2) is 16.0. The zero-order valence-electron chi connectivity index (χ0n) is 32.0. The number of aryl methyl sites for hydroxylation is 1. The van der Waals surface area contributed by atoms with Crippen molar-refractivity contribution in [3.63, 3.8) is 0 Å². The molecule has 0 saturated carbocycles. The topological polar surface area (TPSA) is 97.0 Å². The van der Waals surface area contributed by atoms with Gasteiger partial charge >= 0.3 is 5.97 Å². The molecule has 0 spiro atoms. The Labute approximate surface area is 322 Å². The molecule has 0 aliphatic carbocycles. The molecular weight excluding hydrogens is 685 g/mol. The fourth-order valence-electron chi connectivity index (χ4n) is 7.42. The van der Waals surface area contributed by atoms with Crippen molar-refractivity contribution in [3.8, 4) is 22.5 Å². The van der Waals surface area contributed by atoms with Crippen molar-refractivity contribution in [2.45, 2.75) is 58.2 Å². The summed E-state index contributed by atoms with van der Waals surface area (Å²) in [5.41, 5.74) is 5.98. The number of benzene rings is 5. The summed E-state index contributed by atoms with van der Waals surface area (Å²) in [4.78, 5) is 18.8. The molecule has 5 aromatic carbocycles. The number of carbonyl (C=O) groups is 1. The van der Waals surface area contributed by atoms with E-state index in [0.717, 1.165) is 51.2 Å². The summed E-state index contributed by atoms with van der Waals surface area (Å²) in [6, 6.07) is 47.8. The number of hydrogen-bond acceptors (Lipinski definition) is 7. The predicted octanol–water partition coefficient (Wildman–Crippen LogP) is 9.10. The van der Waals surface area contributed by atoms with E-state index >= 15 is 0 Å². The number of imidazole rings is 1. The van der Waals surface area contributed by atoms with Crippen molar-refractivity contribution in [1.29, 1.82) is 0 Å². The van der Waals surface area contributed by atoms with Gasteiger partial charge in [0.25, 0.3) is 0 Å². The van der Waals surface area contributed by atoms with Gasteiger partial charge in [0.05, 0.1) is 6.61 Å². The van der Waals surface area contributed by atoms with Gasteiger partial charge in [0.2, 0.25) is 0 Å². The van der Waals surface area contributed by atoms with Crippen LogP contribution in [0.25, 0.3) is 22.5 Å². The summed E-state index contributed by atoms with van der Waals surface area (Å²) in [5.74, 6) is 0.949. The number of ether oxygens (including phenoxy) is 2. The molecule has 278 valence electrons. The summed E-state index contributed by atoms with van der Waals surface area (Å²) in [5, 5.41) is 14.1. The zero-order chi connectivity index (χ0) is 38.4. The highest BCUT2D eigenvalue weighted by molar-refractivity contribution is 5.89. The molecule has 55 heavy (non-hydrogen) atoms. The van der Waals surface area contributed by atoms with Gasteiger partial charge in [-0.3, -0.25) is 0 Å². The van der Waals surface area contributed by atoms with Crippen molar-refractivity contribution >= 4 is 5.97 Å². The molecule has 9 nitrogen and oxygen atoms in total.